The maximum atomic E-state index is 6.16. The molecule has 0 saturated heterocycles. The summed E-state index contributed by atoms with van der Waals surface area (Å²) in [5.74, 6) is 0.898. The Hall–Kier alpha value is -0.500. The van der Waals surface area contributed by atoms with Crippen LogP contribution in [0, 0.1) is 0 Å². The van der Waals surface area contributed by atoms with Crippen molar-refractivity contribution in [3.63, 3.8) is 0 Å². The highest BCUT2D eigenvalue weighted by atomic mass is 16.5. The van der Waals surface area contributed by atoms with Crippen LogP contribution in [0.3, 0.4) is 0 Å². The highest BCUT2D eigenvalue weighted by molar-refractivity contribution is 4.94. The van der Waals surface area contributed by atoms with E-state index in [1.807, 2.05) is 7.05 Å². The van der Waals surface area contributed by atoms with Crippen molar-refractivity contribution in [3.8, 4) is 0 Å². The lowest BCUT2D eigenvalue weighted by molar-refractivity contribution is 0.0840. The van der Waals surface area contributed by atoms with Crippen molar-refractivity contribution in [3.05, 3.63) is 12.3 Å². The molecule has 0 aliphatic heterocycles. The summed E-state index contributed by atoms with van der Waals surface area (Å²) < 4.78 is 6.16. The van der Waals surface area contributed by atoms with Gasteiger partial charge in [0.2, 0.25) is 0 Å². The van der Waals surface area contributed by atoms with Crippen LogP contribution in [0.5, 0.6) is 0 Å². The zero-order valence-corrected chi connectivity index (χ0v) is 15.8. The number of hydrogen-bond donors (Lipinski definition) is 1. The molecule has 1 atom stereocenters. The maximum Gasteiger partial charge on any atom is 0.106 e. The normalized spacial score (nSPS) is 12.6. The predicted molar refractivity (Wildman–Crippen MR) is 99.3 cm³/mol. The van der Waals surface area contributed by atoms with E-state index in [1.54, 1.807) is 0 Å². The minimum Gasteiger partial charge on any atom is -0.494 e. The molecule has 0 rings (SSSR count). The smallest absolute Gasteiger partial charge is 0.106 e. The van der Waals surface area contributed by atoms with Gasteiger partial charge in [-0.05, 0) is 39.7 Å². The lowest BCUT2D eigenvalue weighted by atomic mass is 10.0. The molecule has 0 aromatic carbocycles. The van der Waals surface area contributed by atoms with Crippen LogP contribution in [0.1, 0.15) is 97.8 Å². The standard InChI is InChI=1S/C20H41NO/c1-6-8-10-12-14-16-20(17-15-13-11-9-7-2)22-19(4)18(3)21-5/h18,20-21H,4,6-17H2,1-3,5H3. The van der Waals surface area contributed by atoms with Gasteiger partial charge in [0.15, 0.2) is 0 Å². The van der Waals surface area contributed by atoms with Crippen molar-refractivity contribution in [2.75, 3.05) is 7.05 Å². The first-order valence-electron chi connectivity index (χ1n) is 9.68. The van der Waals surface area contributed by atoms with E-state index in [2.05, 4.69) is 32.7 Å². The Morgan fingerprint density at radius 3 is 1.73 bits per heavy atom. The van der Waals surface area contributed by atoms with E-state index >= 15 is 0 Å². The molecule has 1 unspecified atom stereocenters. The summed E-state index contributed by atoms with van der Waals surface area (Å²) in [6.45, 7) is 10.7. The highest BCUT2D eigenvalue weighted by Gasteiger charge is 2.14. The van der Waals surface area contributed by atoms with Crippen LogP contribution in [0.2, 0.25) is 0 Å². The third kappa shape index (κ3) is 12.1. The minimum atomic E-state index is 0.239. The van der Waals surface area contributed by atoms with Crippen LogP contribution in [0.25, 0.3) is 0 Å². The van der Waals surface area contributed by atoms with Gasteiger partial charge >= 0.3 is 0 Å². The Morgan fingerprint density at radius 2 is 1.32 bits per heavy atom. The van der Waals surface area contributed by atoms with Crippen LogP contribution in [0.15, 0.2) is 12.3 Å². The van der Waals surface area contributed by atoms with Gasteiger partial charge in [0.05, 0.1) is 12.1 Å². The van der Waals surface area contributed by atoms with Crippen LogP contribution >= 0.6 is 0 Å². The van der Waals surface area contributed by atoms with Crippen LogP contribution in [0.4, 0.5) is 0 Å². The fraction of sp³-hybridized carbons (Fsp3) is 0.900. The van der Waals surface area contributed by atoms with E-state index in [0.717, 1.165) is 5.76 Å². The first kappa shape index (κ1) is 21.5. The van der Waals surface area contributed by atoms with Gasteiger partial charge < -0.3 is 10.1 Å². The van der Waals surface area contributed by atoms with Gasteiger partial charge in [0.25, 0.3) is 0 Å². The van der Waals surface area contributed by atoms with Crippen molar-refractivity contribution >= 4 is 0 Å². The minimum absolute atomic E-state index is 0.239. The molecule has 1 N–H and O–H groups in total. The van der Waals surface area contributed by atoms with Gasteiger partial charge in [0.1, 0.15) is 5.76 Å². The van der Waals surface area contributed by atoms with Crippen molar-refractivity contribution in [1.29, 1.82) is 0 Å². The molecule has 2 heteroatoms. The summed E-state index contributed by atoms with van der Waals surface area (Å²) in [6, 6.07) is 0.239. The van der Waals surface area contributed by atoms with Crippen LogP contribution in [-0.4, -0.2) is 19.2 Å². The SMILES string of the molecule is C=C(OC(CCCCCCC)CCCCCCC)C(C)NC. The predicted octanol–water partition coefficient (Wildman–Crippen LogP) is 6.21. The molecule has 0 bridgehead atoms. The third-order valence-corrected chi connectivity index (χ3v) is 4.49. The van der Waals surface area contributed by atoms with Gasteiger partial charge in [-0.25, -0.2) is 0 Å². The van der Waals surface area contributed by atoms with Crippen molar-refractivity contribution < 1.29 is 4.74 Å². The second kappa shape index (κ2) is 15.4. The van der Waals surface area contributed by atoms with E-state index in [4.69, 9.17) is 4.74 Å². The Morgan fingerprint density at radius 1 is 0.864 bits per heavy atom. The van der Waals surface area contributed by atoms with Crippen molar-refractivity contribution in [2.45, 2.75) is 110 Å². The first-order chi connectivity index (χ1) is 10.7. The van der Waals surface area contributed by atoms with E-state index in [-0.39, 0.29) is 6.04 Å². The number of unbranched alkanes of at least 4 members (excludes halogenated alkanes) is 8. The summed E-state index contributed by atoms with van der Waals surface area (Å²) in [5.41, 5.74) is 0. The molecular weight excluding hydrogens is 270 g/mol. The summed E-state index contributed by atoms with van der Waals surface area (Å²) in [7, 11) is 1.96. The summed E-state index contributed by atoms with van der Waals surface area (Å²) in [4.78, 5) is 0. The molecule has 0 aliphatic carbocycles. The van der Waals surface area contributed by atoms with Gasteiger partial charge in [-0.2, -0.15) is 0 Å². The summed E-state index contributed by atoms with van der Waals surface area (Å²) in [6.07, 6.45) is 16.1. The number of rotatable bonds is 16. The Labute approximate surface area is 140 Å². The molecule has 0 fully saturated rings. The quantitative estimate of drug-likeness (QED) is 0.270. The fourth-order valence-corrected chi connectivity index (χ4v) is 2.69. The maximum absolute atomic E-state index is 6.16. The number of hydrogen-bond acceptors (Lipinski definition) is 2. The van der Waals surface area contributed by atoms with E-state index in [1.165, 1.54) is 77.0 Å². The number of ether oxygens (including phenoxy) is 1. The molecular formula is C20H41NO. The Bertz CT molecular complexity index is 238. The molecule has 0 saturated carbocycles. The molecule has 22 heavy (non-hydrogen) atoms. The molecule has 0 spiro atoms. The molecule has 0 radical (unpaired) electrons. The molecule has 0 heterocycles. The Balaban J connectivity index is 4.04. The third-order valence-electron chi connectivity index (χ3n) is 4.49. The number of nitrogens with one attached hydrogen (secondary N) is 1. The lowest BCUT2D eigenvalue weighted by Crippen LogP contribution is -2.27. The lowest BCUT2D eigenvalue weighted by Gasteiger charge is -2.23. The molecule has 132 valence electrons. The first-order valence-corrected chi connectivity index (χ1v) is 9.68. The zero-order chi connectivity index (χ0) is 16.6. The zero-order valence-electron chi connectivity index (χ0n) is 15.8. The van der Waals surface area contributed by atoms with Crippen LogP contribution < -0.4 is 5.32 Å². The second-order valence-corrected chi connectivity index (χ2v) is 6.62. The van der Waals surface area contributed by atoms with Gasteiger partial charge in [-0.15, -0.1) is 0 Å². The molecule has 0 amide bonds. The molecule has 2 nitrogen and oxygen atoms in total. The second-order valence-electron chi connectivity index (χ2n) is 6.62. The largest absolute Gasteiger partial charge is 0.494 e. The van der Waals surface area contributed by atoms with Gasteiger partial charge in [0, 0.05) is 0 Å². The van der Waals surface area contributed by atoms with E-state index in [9.17, 15) is 0 Å². The summed E-state index contributed by atoms with van der Waals surface area (Å²) in [5, 5.41) is 3.21. The number of likely N-dealkylation sites (N-methyl/N-ethyl adjacent to an activating group) is 1. The monoisotopic (exact) mass is 311 g/mol. The average Bonchev–Trinajstić information content (AvgIpc) is 2.53. The van der Waals surface area contributed by atoms with Crippen molar-refractivity contribution in [2.24, 2.45) is 0 Å². The van der Waals surface area contributed by atoms with Crippen molar-refractivity contribution in [1.82, 2.24) is 5.32 Å². The molecule has 0 aromatic heterocycles. The summed E-state index contributed by atoms with van der Waals surface area (Å²) >= 11 is 0. The topological polar surface area (TPSA) is 21.3 Å². The van der Waals surface area contributed by atoms with Crippen LogP contribution in [-0.2, 0) is 4.74 Å². The average molecular weight is 312 g/mol. The fourth-order valence-electron chi connectivity index (χ4n) is 2.69. The van der Waals surface area contributed by atoms with Gasteiger partial charge in [-0.1, -0.05) is 71.8 Å². The molecule has 0 aromatic rings. The highest BCUT2D eigenvalue weighted by Crippen LogP contribution is 2.19. The van der Waals surface area contributed by atoms with E-state index < -0.39 is 0 Å². The molecule has 0 aliphatic rings. The van der Waals surface area contributed by atoms with E-state index in [0.29, 0.717) is 6.10 Å². The van der Waals surface area contributed by atoms with Gasteiger partial charge in [-0.3, -0.25) is 0 Å². The Kier molecular flexibility index (Phi) is 15.0.